The number of hydrogen-bond donors (Lipinski definition) is 4. The number of anilines is 3. The molecule has 0 saturated heterocycles. The molecule has 4 rings (SSSR count). The number of aromatic amines is 1. The Balaban J connectivity index is 1.84. The van der Waals surface area contributed by atoms with Crippen LogP contribution in [0.2, 0.25) is 5.02 Å². The average molecular weight is 448 g/mol. The van der Waals surface area contributed by atoms with E-state index in [2.05, 4.69) is 26.7 Å². The predicted molar refractivity (Wildman–Crippen MR) is 125 cm³/mol. The fraction of sp³-hybridized carbons (Fsp3) is 0.0833. The summed E-state index contributed by atoms with van der Waals surface area (Å²) < 4.78 is 13.6. The lowest BCUT2D eigenvalue weighted by Crippen LogP contribution is -2.01. The number of halogens is 2. The number of H-pyrrole nitrogens is 1. The molecule has 6 nitrogen and oxygen atoms in total. The zero-order valence-electron chi connectivity index (χ0n) is 16.9. The van der Waals surface area contributed by atoms with Crippen molar-refractivity contribution in [1.29, 1.82) is 5.26 Å². The van der Waals surface area contributed by atoms with Crippen LogP contribution in [0.5, 0.6) is 0 Å². The van der Waals surface area contributed by atoms with Crippen molar-refractivity contribution in [2.45, 2.75) is 6.54 Å². The molecular formula is C24H19ClFN5O. The van der Waals surface area contributed by atoms with Crippen LogP contribution in [0.4, 0.5) is 21.5 Å². The van der Waals surface area contributed by atoms with Gasteiger partial charge >= 0.3 is 0 Å². The van der Waals surface area contributed by atoms with E-state index >= 15 is 0 Å². The third kappa shape index (κ3) is 4.57. The molecule has 0 aliphatic heterocycles. The van der Waals surface area contributed by atoms with Gasteiger partial charge in [-0.3, -0.25) is 0 Å². The van der Waals surface area contributed by atoms with Crippen LogP contribution < -0.4 is 10.6 Å². The Bertz CT molecular complexity index is 1330. The maximum Gasteiger partial charge on any atom is 0.141 e. The van der Waals surface area contributed by atoms with Crippen molar-refractivity contribution in [2.75, 3.05) is 17.2 Å². The zero-order chi connectivity index (χ0) is 22.5. The Morgan fingerprint density at radius 1 is 1.16 bits per heavy atom. The van der Waals surface area contributed by atoms with Crippen LogP contribution in [0, 0.1) is 17.1 Å². The summed E-state index contributed by atoms with van der Waals surface area (Å²) in [6.45, 7) is 0.436. The van der Waals surface area contributed by atoms with Crippen molar-refractivity contribution < 1.29 is 9.50 Å². The number of imidazole rings is 1. The smallest absolute Gasteiger partial charge is 0.141 e. The van der Waals surface area contributed by atoms with Gasteiger partial charge in [0.05, 0.1) is 41.4 Å². The van der Waals surface area contributed by atoms with Crippen molar-refractivity contribution in [3.05, 3.63) is 88.7 Å². The summed E-state index contributed by atoms with van der Waals surface area (Å²) in [6.07, 6.45) is 6.83. The van der Waals surface area contributed by atoms with E-state index in [-0.39, 0.29) is 11.6 Å². The topological polar surface area (TPSA) is 96.8 Å². The fourth-order valence-electron chi connectivity index (χ4n) is 3.41. The third-order valence-electron chi connectivity index (χ3n) is 4.92. The quantitative estimate of drug-likeness (QED) is 0.296. The summed E-state index contributed by atoms with van der Waals surface area (Å²) in [4.78, 5) is 7.07. The number of hydrogen-bond acceptors (Lipinski definition) is 5. The number of rotatable bonds is 7. The molecule has 4 aromatic rings. The maximum absolute atomic E-state index is 13.6. The summed E-state index contributed by atoms with van der Waals surface area (Å²) in [5.74, 6) is -0.516. The molecule has 1 aromatic heterocycles. The molecule has 0 spiro atoms. The first-order valence-corrected chi connectivity index (χ1v) is 10.2. The maximum atomic E-state index is 13.6. The van der Waals surface area contributed by atoms with Crippen molar-refractivity contribution in [3.63, 3.8) is 0 Å². The van der Waals surface area contributed by atoms with E-state index in [1.165, 1.54) is 12.1 Å². The van der Waals surface area contributed by atoms with Gasteiger partial charge in [0.1, 0.15) is 11.9 Å². The normalized spacial score (nSPS) is 11.1. The molecular weight excluding hydrogens is 429 g/mol. The number of benzene rings is 3. The summed E-state index contributed by atoms with van der Waals surface area (Å²) in [6, 6.07) is 14.0. The van der Waals surface area contributed by atoms with E-state index in [4.69, 9.17) is 11.6 Å². The van der Waals surface area contributed by atoms with Crippen LogP contribution in [0.1, 0.15) is 16.8 Å². The second kappa shape index (κ2) is 9.52. The van der Waals surface area contributed by atoms with Gasteiger partial charge in [-0.05, 0) is 47.3 Å². The third-order valence-corrected chi connectivity index (χ3v) is 5.21. The molecule has 0 radical (unpaired) electrons. The number of aromatic nitrogens is 2. The fourth-order valence-corrected chi connectivity index (χ4v) is 3.59. The van der Waals surface area contributed by atoms with Crippen molar-refractivity contribution in [2.24, 2.45) is 0 Å². The van der Waals surface area contributed by atoms with Crippen LogP contribution >= 0.6 is 11.6 Å². The molecule has 0 aliphatic rings. The molecule has 0 amide bonds. The molecule has 4 N–H and O–H groups in total. The minimum Gasteiger partial charge on any atom is -0.392 e. The number of nitrogens with zero attached hydrogens (tertiary/aromatic N) is 2. The SMILES string of the molecule is N#Cc1ccc2c(/C=C/CO)cc(NCc3cnc[nH]3)cc2c1Nc1ccc(F)c(Cl)c1. The lowest BCUT2D eigenvalue weighted by molar-refractivity contribution is 0.343. The summed E-state index contributed by atoms with van der Waals surface area (Å²) in [7, 11) is 0. The standard InChI is InChI=1S/C24H19ClFN5O/c25-22-10-17(4-6-23(22)26)31-24-16(11-27)3-5-20-15(2-1-7-32)8-18(9-21(20)24)29-13-19-12-28-14-30-19/h1-6,8-10,12,14,29,31-32H,7,13H2,(H,28,30)/b2-1+. The minimum atomic E-state index is -0.516. The Labute approximate surface area is 189 Å². The first kappa shape index (κ1) is 21.4. The molecule has 3 aromatic carbocycles. The Morgan fingerprint density at radius 3 is 2.75 bits per heavy atom. The monoisotopic (exact) mass is 447 g/mol. The Hall–Kier alpha value is -3.86. The Morgan fingerprint density at radius 2 is 2.03 bits per heavy atom. The molecule has 0 saturated carbocycles. The number of aliphatic hydroxyl groups is 1. The molecule has 0 aliphatic carbocycles. The Kier molecular flexibility index (Phi) is 6.36. The number of nitriles is 1. The largest absolute Gasteiger partial charge is 0.392 e. The van der Waals surface area contributed by atoms with Gasteiger partial charge in [-0.1, -0.05) is 29.8 Å². The second-order valence-corrected chi connectivity index (χ2v) is 7.44. The van der Waals surface area contributed by atoms with Gasteiger partial charge in [0, 0.05) is 23.0 Å². The van der Waals surface area contributed by atoms with Crippen LogP contribution in [0.15, 0.2) is 61.1 Å². The molecule has 8 heteroatoms. The van der Waals surface area contributed by atoms with Crippen molar-refractivity contribution >= 4 is 45.5 Å². The number of aliphatic hydroxyl groups excluding tert-OH is 1. The molecule has 160 valence electrons. The predicted octanol–water partition coefficient (Wildman–Crippen LogP) is 5.59. The summed E-state index contributed by atoms with van der Waals surface area (Å²) in [5, 5.41) is 27.2. The van der Waals surface area contributed by atoms with Crippen LogP contribution in [-0.4, -0.2) is 21.7 Å². The van der Waals surface area contributed by atoms with E-state index in [0.29, 0.717) is 23.5 Å². The highest BCUT2D eigenvalue weighted by Crippen LogP contribution is 2.35. The first-order valence-electron chi connectivity index (χ1n) is 9.80. The number of nitrogens with one attached hydrogen (secondary N) is 3. The lowest BCUT2D eigenvalue weighted by Gasteiger charge is -2.16. The van der Waals surface area contributed by atoms with Crippen molar-refractivity contribution in [1.82, 2.24) is 9.97 Å². The van der Waals surface area contributed by atoms with Gasteiger partial charge in [0.2, 0.25) is 0 Å². The highest BCUT2D eigenvalue weighted by atomic mass is 35.5. The van der Waals surface area contributed by atoms with E-state index in [9.17, 15) is 14.8 Å². The van der Waals surface area contributed by atoms with Crippen LogP contribution in [0.25, 0.3) is 16.8 Å². The van der Waals surface area contributed by atoms with Gasteiger partial charge < -0.3 is 20.7 Å². The van der Waals surface area contributed by atoms with E-state index in [1.807, 2.05) is 24.3 Å². The second-order valence-electron chi connectivity index (χ2n) is 7.03. The molecule has 1 heterocycles. The molecule has 32 heavy (non-hydrogen) atoms. The van der Waals surface area contributed by atoms with Gasteiger partial charge in [0.15, 0.2) is 0 Å². The summed E-state index contributed by atoms with van der Waals surface area (Å²) in [5.41, 5.74) is 4.18. The van der Waals surface area contributed by atoms with Gasteiger partial charge in [0.25, 0.3) is 0 Å². The first-order chi connectivity index (χ1) is 15.6. The van der Waals surface area contributed by atoms with E-state index in [0.717, 1.165) is 27.7 Å². The highest BCUT2D eigenvalue weighted by molar-refractivity contribution is 6.31. The average Bonchev–Trinajstić information content (AvgIpc) is 3.32. The van der Waals surface area contributed by atoms with Gasteiger partial charge in [-0.15, -0.1) is 0 Å². The lowest BCUT2D eigenvalue weighted by atomic mass is 9.98. The molecule has 0 fully saturated rings. The van der Waals surface area contributed by atoms with E-state index < -0.39 is 5.82 Å². The van der Waals surface area contributed by atoms with Crippen LogP contribution in [-0.2, 0) is 6.54 Å². The molecule has 0 unspecified atom stereocenters. The highest BCUT2D eigenvalue weighted by Gasteiger charge is 2.13. The van der Waals surface area contributed by atoms with E-state index in [1.54, 1.807) is 30.7 Å². The minimum absolute atomic E-state index is 0.0118. The summed E-state index contributed by atoms with van der Waals surface area (Å²) >= 11 is 5.94. The number of fused-ring (bicyclic) bond motifs is 1. The van der Waals surface area contributed by atoms with Gasteiger partial charge in [-0.25, -0.2) is 9.37 Å². The molecule has 0 atom stereocenters. The molecule has 0 bridgehead atoms. The van der Waals surface area contributed by atoms with Crippen LogP contribution in [0.3, 0.4) is 0 Å². The zero-order valence-corrected chi connectivity index (χ0v) is 17.6. The van der Waals surface area contributed by atoms with Gasteiger partial charge in [-0.2, -0.15) is 5.26 Å². The van der Waals surface area contributed by atoms with Crippen molar-refractivity contribution in [3.8, 4) is 6.07 Å².